The van der Waals surface area contributed by atoms with Gasteiger partial charge < -0.3 is 29.4 Å². The summed E-state index contributed by atoms with van der Waals surface area (Å²) in [5.41, 5.74) is 19.1. The fraction of sp³-hybridized carbons (Fsp3) is 0.321. The molecule has 38 heavy (non-hydrogen) atoms. The molecule has 0 saturated carbocycles. The van der Waals surface area contributed by atoms with Gasteiger partial charge in [0.15, 0.2) is 0 Å². The van der Waals surface area contributed by atoms with Crippen molar-refractivity contribution in [1.29, 1.82) is 0 Å². The number of benzene rings is 3. The van der Waals surface area contributed by atoms with Crippen LogP contribution in [-0.4, -0.2) is 47.1 Å². The molecule has 0 aliphatic heterocycles. The maximum absolute atomic E-state index is 11.9. The largest absolute Gasteiger partial charge is 0.497 e. The lowest BCUT2D eigenvalue weighted by molar-refractivity contribution is -0.142. The Morgan fingerprint density at radius 3 is 2.32 bits per heavy atom. The zero-order valence-corrected chi connectivity index (χ0v) is 21.9. The smallest absolute Gasteiger partial charge is 0.322 e. The Morgan fingerprint density at radius 2 is 1.68 bits per heavy atom. The highest BCUT2D eigenvalue weighted by atomic mass is 16.5. The molecule has 0 unspecified atom stereocenters. The highest BCUT2D eigenvalue weighted by Crippen LogP contribution is 2.45. The number of ether oxygens (including phenoxy) is 5. The summed E-state index contributed by atoms with van der Waals surface area (Å²) in [6, 6.07) is 17.2. The number of methoxy groups -OCH3 is 4. The molecule has 0 aliphatic carbocycles. The summed E-state index contributed by atoms with van der Waals surface area (Å²) < 4.78 is 27.7. The molecule has 2 N–H and O–H groups in total. The average molecular weight is 521 g/mol. The van der Waals surface area contributed by atoms with Crippen molar-refractivity contribution in [2.45, 2.75) is 25.1 Å². The SMILES string of the molecule is COC(=O)[C@H](N)Cc1ccc(OC)c(-c2c(OC)cc(OC)cc2[C@@H](COCc2ccccc2)N=[N+]=[N-])c1. The quantitative estimate of drug-likeness (QED) is 0.145. The normalized spacial score (nSPS) is 12.1. The molecule has 0 fully saturated rings. The molecule has 0 bridgehead atoms. The van der Waals surface area contributed by atoms with Crippen LogP contribution in [0.3, 0.4) is 0 Å². The lowest BCUT2D eigenvalue weighted by atomic mass is 9.91. The van der Waals surface area contributed by atoms with Crippen LogP contribution >= 0.6 is 0 Å². The molecule has 0 amide bonds. The molecular weight excluding hydrogens is 488 g/mol. The first-order valence-electron chi connectivity index (χ1n) is 11.9. The molecule has 0 radical (unpaired) electrons. The van der Waals surface area contributed by atoms with Crippen LogP contribution in [0.15, 0.2) is 65.8 Å². The molecule has 0 saturated heterocycles. The van der Waals surface area contributed by atoms with Gasteiger partial charge >= 0.3 is 5.97 Å². The molecule has 10 nitrogen and oxygen atoms in total. The average Bonchev–Trinajstić information content (AvgIpc) is 2.95. The molecule has 0 aromatic heterocycles. The molecule has 200 valence electrons. The fourth-order valence-electron chi connectivity index (χ4n) is 4.12. The highest BCUT2D eigenvalue weighted by molar-refractivity contribution is 5.81. The molecule has 0 heterocycles. The number of carbonyl (C=O) groups is 1. The molecule has 3 aromatic carbocycles. The van der Waals surface area contributed by atoms with E-state index in [0.717, 1.165) is 11.1 Å². The van der Waals surface area contributed by atoms with Crippen LogP contribution in [0.1, 0.15) is 22.7 Å². The van der Waals surface area contributed by atoms with E-state index >= 15 is 0 Å². The third-order valence-electron chi connectivity index (χ3n) is 5.99. The number of rotatable bonds is 13. The summed E-state index contributed by atoms with van der Waals surface area (Å²) in [5.74, 6) is 1.04. The van der Waals surface area contributed by atoms with E-state index in [9.17, 15) is 10.3 Å². The number of hydrogen-bond donors (Lipinski definition) is 1. The van der Waals surface area contributed by atoms with Crippen LogP contribution in [0.25, 0.3) is 21.6 Å². The first-order valence-corrected chi connectivity index (χ1v) is 11.9. The number of nitrogens with two attached hydrogens (primary N) is 1. The zero-order chi connectivity index (χ0) is 27.5. The van der Waals surface area contributed by atoms with Gasteiger partial charge in [-0.25, -0.2) is 0 Å². The summed E-state index contributed by atoms with van der Waals surface area (Å²) >= 11 is 0. The number of esters is 1. The third-order valence-corrected chi connectivity index (χ3v) is 5.99. The monoisotopic (exact) mass is 520 g/mol. The Labute approximate surface area is 221 Å². The van der Waals surface area contributed by atoms with Gasteiger partial charge in [-0.05, 0) is 46.8 Å². The molecule has 3 rings (SSSR count). The van der Waals surface area contributed by atoms with E-state index in [1.54, 1.807) is 39.5 Å². The molecule has 0 aliphatic rings. The minimum Gasteiger partial charge on any atom is -0.497 e. The van der Waals surface area contributed by atoms with Crippen LogP contribution in [0.2, 0.25) is 0 Å². The second-order valence-electron chi connectivity index (χ2n) is 8.38. The van der Waals surface area contributed by atoms with Crippen molar-refractivity contribution in [2.24, 2.45) is 10.8 Å². The van der Waals surface area contributed by atoms with E-state index in [1.165, 1.54) is 7.11 Å². The van der Waals surface area contributed by atoms with Crippen LogP contribution in [0.4, 0.5) is 0 Å². The molecular formula is C28H32N4O6. The number of azide groups is 1. The van der Waals surface area contributed by atoms with E-state index in [1.807, 2.05) is 42.5 Å². The summed E-state index contributed by atoms with van der Waals surface area (Å²) in [4.78, 5) is 15.0. The van der Waals surface area contributed by atoms with E-state index in [-0.39, 0.29) is 13.0 Å². The van der Waals surface area contributed by atoms with E-state index in [2.05, 4.69) is 10.0 Å². The predicted molar refractivity (Wildman–Crippen MR) is 143 cm³/mol. The van der Waals surface area contributed by atoms with Crippen LogP contribution < -0.4 is 19.9 Å². The molecule has 2 atom stereocenters. The van der Waals surface area contributed by atoms with E-state index in [0.29, 0.717) is 40.5 Å². The Balaban J connectivity index is 2.11. The Morgan fingerprint density at radius 1 is 0.947 bits per heavy atom. The Kier molecular flexibility index (Phi) is 10.4. The second-order valence-corrected chi connectivity index (χ2v) is 8.38. The summed E-state index contributed by atoms with van der Waals surface area (Å²) in [5, 5.41) is 4.05. The predicted octanol–water partition coefficient (Wildman–Crippen LogP) is 4.99. The number of hydrogen-bond acceptors (Lipinski definition) is 8. The van der Waals surface area contributed by atoms with Crippen molar-refractivity contribution in [2.75, 3.05) is 35.0 Å². The van der Waals surface area contributed by atoms with Gasteiger partial charge in [0.05, 0.1) is 47.7 Å². The maximum atomic E-state index is 11.9. The van der Waals surface area contributed by atoms with Crippen LogP contribution in [-0.2, 0) is 27.3 Å². The van der Waals surface area contributed by atoms with Gasteiger partial charge in [0.1, 0.15) is 23.3 Å². The number of nitrogens with zero attached hydrogens (tertiary/aromatic N) is 3. The Bertz CT molecular complexity index is 1280. The zero-order valence-electron chi connectivity index (χ0n) is 21.9. The molecule has 0 spiro atoms. The van der Waals surface area contributed by atoms with Crippen molar-refractivity contribution in [1.82, 2.24) is 0 Å². The van der Waals surface area contributed by atoms with E-state index in [4.69, 9.17) is 29.4 Å². The summed E-state index contributed by atoms with van der Waals surface area (Å²) in [6.07, 6.45) is 0.247. The van der Waals surface area contributed by atoms with Crippen molar-refractivity contribution in [3.05, 3.63) is 87.8 Å². The number of carbonyl (C=O) groups excluding carboxylic acids is 1. The van der Waals surface area contributed by atoms with Crippen molar-refractivity contribution in [3.8, 4) is 28.4 Å². The summed E-state index contributed by atoms with van der Waals surface area (Å²) in [6.45, 7) is 0.455. The van der Waals surface area contributed by atoms with Crippen molar-refractivity contribution >= 4 is 5.97 Å². The second kappa shape index (κ2) is 13.9. The third kappa shape index (κ3) is 6.95. The van der Waals surface area contributed by atoms with Gasteiger partial charge in [-0.2, -0.15) is 0 Å². The molecule has 10 heteroatoms. The topological polar surface area (TPSA) is 138 Å². The minimum absolute atomic E-state index is 0.109. The molecule has 3 aromatic rings. The van der Waals surface area contributed by atoms with Crippen LogP contribution in [0.5, 0.6) is 17.2 Å². The van der Waals surface area contributed by atoms with Crippen LogP contribution in [0, 0.1) is 0 Å². The lowest BCUT2D eigenvalue weighted by Crippen LogP contribution is -2.33. The highest BCUT2D eigenvalue weighted by Gasteiger charge is 2.24. The lowest BCUT2D eigenvalue weighted by Gasteiger charge is -2.22. The first-order chi connectivity index (χ1) is 18.4. The van der Waals surface area contributed by atoms with Gasteiger partial charge in [0, 0.05) is 22.1 Å². The van der Waals surface area contributed by atoms with Gasteiger partial charge in [0.2, 0.25) is 0 Å². The van der Waals surface area contributed by atoms with Crippen molar-refractivity contribution in [3.63, 3.8) is 0 Å². The van der Waals surface area contributed by atoms with E-state index < -0.39 is 18.1 Å². The first kappa shape index (κ1) is 28.3. The Hall–Kier alpha value is -4.24. The van der Waals surface area contributed by atoms with Gasteiger partial charge in [0.25, 0.3) is 0 Å². The van der Waals surface area contributed by atoms with Gasteiger partial charge in [-0.3, -0.25) is 4.79 Å². The maximum Gasteiger partial charge on any atom is 0.322 e. The van der Waals surface area contributed by atoms with Crippen molar-refractivity contribution < 1.29 is 28.5 Å². The van der Waals surface area contributed by atoms with Gasteiger partial charge in [-0.15, -0.1) is 0 Å². The summed E-state index contributed by atoms with van der Waals surface area (Å²) in [7, 11) is 5.94. The van der Waals surface area contributed by atoms with Gasteiger partial charge in [-0.1, -0.05) is 41.5 Å². The fourth-order valence-corrected chi connectivity index (χ4v) is 4.12. The minimum atomic E-state index is -0.833. The standard InChI is InChI=1S/C28H32N4O6/c1-34-20-14-21(24(31-32-30)17-38-16-18-8-6-5-7-9-18)27(26(15-20)36-3)22-12-19(10-11-25(22)35-2)13-23(29)28(33)37-4/h5-12,14-15,23-24H,13,16-17,29H2,1-4H3/t23-,24-/m1/s1.